The monoisotopic (exact) mass is 380 g/mol. The summed E-state index contributed by atoms with van der Waals surface area (Å²) in [6, 6.07) is 9.88. The van der Waals surface area contributed by atoms with Crippen molar-refractivity contribution in [2.24, 2.45) is 0 Å². The molecule has 0 bridgehead atoms. The molecule has 1 fully saturated rings. The number of carboxylic acid groups (broad SMARTS) is 1. The summed E-state index contributed by atoms with van der Waals surface area (Å²) >= 11 is 6.09. The number of carbonyl (C=O) groups is 2. The Morgan fingerprint density at radius 2 is 1.85 bits per heavy atom. The number of amides is 2. The summed E-state index contributed by atoms with van der Waals surface area (Å²) in [6.07, 6.45) is -3.08. The van der Waals surface area contributed by atoms with Gasteiger partial charge >= 0.3 is 6.09 Å². The van der Waals surface area contributed by atoms with Crippen molar-refractivity contribution in [2.75, 3.05) is 11.9 Å². The van der Waals surface area contributed by atoms with Gasteiger partial charge in [0.2, 0.25) is 5.91 Å². The number of halogens is 3. The number of benzene rings is 2. The normalized spacial score (nSPS) is 19.4. The van der Waals surface area contributed by atoms with Gasteiger partial charge in [-0.25, -0.2) is 13.6 Å². The Hall–Kier alpha value is -2.67. The van der Waals surface area contributed by atoms with E-state index in [1.807, 2.05) is 0 Å². The molecule has 0 spiro atoms. The van der Waals surface area contributed by atoms with Crippen molar-refractivity contribution < 1.29 is 23.5 Å². The van der Waals surface area contributed by atoms with Crippen LogP contribution in [0.25, 0.3) is 11.1 Å². The Bertz CT molecular complexity index is 862. The van der Waals surface area contributed by atoms with E-state index in [-0.39, 0.29) is 24.2 Å². The van der Waals surface area contributed by atoms with Gasteiger partial charge in [-0.15, -0.1) is 0 Å². The van der Waals surface area contributed by atoms with Crippen LogP contribution in [0.4, 0.5) is 19.3 Å². The van der Waals surface area contributed by atoms with Crippen LogP contribution < -0.4 is 5.32 Å². The first-order valence-corrected chi connectivity index (χ1v) is 8.24. The second-order valence-corrected chi connectivity index (χ2v) is 6.33. The van der Waals surface area contributed by atoms with Crippen LogP contribution in [0.2, 0.25) is 5.02 Å². The maximum atomic E-state index is 14.8. The van der Waals surface area contributed by atoms with E-state index in [2.05, 4.69) is 5.32 Å². The zero-order chi connectivity index (χ0) is 18.8. The lowest BCUT2D eigenvalue weighted by atomic mass is 10.0. The molecule has 2 atom stereocenters. The van der Waals surface area contributed by atoms with Crippen molar-refractivity contribution >= 4 is 29.3 Å². The maximum Gasteiger partial charge on any atom is 0.408 e. The van der Waals surface area contributed by atoms with E-state index in [1.54, 1.807) is 30.3 Å². The molecule has 0 aliphatic carbocycles. The van der Waals surface area contributed by atoms with Gasteiger partial charge in [-0.2, -0.15) is 0 Å². The summed E-state index contributed by atoms with van der Waals surface area (Å²) in [5.41, 5.74) is 0.526. The minimum absolute atomic E-state index is 0.125. The summed E-state index contributed by atoms with van der Waals surface area (Å²) in [4.78, 5) is 24.2. The molecule has 1 saturated heterocycles. The van der Waals surface area contributed by atoms with Crippen molar-refractivity contribution in [3.8, 4) is 11.1 Å². The summed E-state index contributed by atoms with van der Waals surface area (Å²) in [5, 5.41) is 11.8. The topological polar surface area (TPSA) is 69.6 Å². The smallest absolute Gasteiger partial charge is 0.408 e. The van der Waals surface area contributed by atoms with Gasteiger partial charge in [0.25, 0.3) is 0 Å². The minimum atomic E-state index is -1.43. The number of rotatable bonds is 3. The van der Waals surface area contributed by atoms with Gasteiger partial charge in [0.15, 0.2) is 5.82 Å². The zero-order valence-corrected chi connectivity index (χ0v) is 14.2. The fourth-order valence-corrected chi connectivity index (χ4v) is 3.21. The standard InChI is InChI=1S/C18H15ClF2N2O3/c19-13-6-2-1-4-11(13)12-5-3-7-14(16(12)21)22-17(24)15-8-10(20)9-23(15)18(25)26/h1-7,10,15H,8-9H2,(H,22,24)(H,25,26)/t10-,15+/m1/s1. The van der Waals surface area contributed by atoms with E-state index in [0.29, 0.717) is 10.6 Å². The first kappa shape index (κ1) is 18.1. The molecule has 1 aliphatic rings. The summed E-state index contributed by atoms with van der Waals surface area (Å²) < 4.78 is 28.4. The third-order valence-corrected chi connectivity index (χ3v) is 4.55. The van der Waals surface area contributed by atoms with Gasteiger partial charge in [0.1, 0.15) is 12.2 Å². The lowest BCUT2D eigenvalue weighted by Crippen LogP contribution is -2.42. The molecule has 2 aromatic carbocycles. The van der Waals surface area contributed by atoms with Crippen molar-refractivity contribution in [1.82, 2.24) is 4.90 Å². The fourth-order valence-electron chi connectivity index (χ4n) is 2.98. The third-order valence-electron chi connectivity index (χ3n) is 4.22. The molecule has 2 amide bonds. The van der Waals surface area contributed by atoms with Crippen LogP contribution >= 0.6 is 11.6 Å². The van der Waals surface area contributed by atoms with Crippen molar-refractivity contribution in [3.05, 3.63) is 53.3 Å². The molecule has 0 radical (unpaired) electrons. The molecule has 0 aromatic heterocycles. The Kier molecular flexibility index (Phi) is 5.08. The fraction of sp³-hybridized carbons (Fsp3) is 0.222. The van der Waals surface area contributed by atoms with Crippen molar-refractivity contribution in [2.45, 2.75) is 18.6 Å². The molecular formula is C18H15ClF2N2O3. The molecule has 2 aromatic rings. The zero-order valence-electron chi connectivity index (χ0n) is 13.5. The average molecular weight is 381 g/mol. The molecular weight excluding hydrogens is 366 g/mol. The molecule has 1 heterocycles. The average Bonchev–Trinajstić information content (AvgIpc) is 3.00. The van der Waals surface area contributed by atoms with E-state index in [9.17, 15) is 18.4 Å². The molecule has 5 nitrogen and oxygen atoms in total. The van der Waals surface area contributed by atoms with Crippen LogP contribution in [0.15, 0.2) is 42.5 Å². The molecule has 136 valence electrons. The van der Waals surface area contributed by atoms with Gasteiger partial charge in [0, 0.05) is 22.6 Å². The highest BCUT2D eigenvalue weighted by Gasteiger charge is 2.40. The Labute approximate surface area is 153 Å². The lowest BCUT2D eigenvalue weighted by molar-refractivity contribution is -0.120. The third kappa shape index (κ3) is 3.48. The van der Waals surface area contributed by atoms with Crippen LogP contribution in [0.1, 0.15) is 6.42 Å². The van der Waals surface area contributed by atoms with Crippen LogP contribution in [-0.2, 0) is 4.79 Å². The molecule has 26 heavy (non-hydrogen) atoms. The number of hydrogen-bond acceptors (Lipinski definition) is 2. The highest BCUT2D eigenvalue weighted by atomic mass is 35.5. The van der Waals surface area contributed by atoms with Crippen molar-refractivity contribution in [3.63, 3.8) is 0 Å². The number of nitrogens with one attached hydrogen (secondary N) is 1. The first-order valence-electron chi connectivity index (χ1n) is 7.86. The van der Waals surface area contributed by atoms with Crippen LogP contribution in [-0.4, -0.2) is 40.8 Å². The largest absolute Gasteiger partial charge is 0.465 e. The molecule has 8 heteroatoms. The predicted molar refractivity (Wildman–Crippen MR) is 93.5 cm³/mol. The molecule has 3 rings (SSSR count). The number of carbonyl (C=O) groups excluding carboxylic acids is 1. The number of likely N-dealkylation sites (tertiary alicyclic amines) is 1. The van der Waals surface area contributed by atoms with Crippen LogP contribution in [0.3, 0.4) is 0 Å². The quantitative estimate of drug-likeness (QED) is 0.839. The number of alkyl halides is 1. The summed E-state index contributed by atoms with van der Waals surface area (Å²) in [7, 11) is 0. The molecule has 2 N–H and O–H groups in total. The van der Waals surface area contributed by atoms with Crippen LogP contribution in [0.5, 0.6) is 0 Å². The van der Waals surface area contributed by atoms with E-state index >= 15 is 0 Å². The second-order valence-electron chi connectivity index (χ2n) is 5.92. The number of anilines is 1. The second kappa shape index (κ2) is 7.29. The first-order chi connectivity index (χ1) is 12.4. The molecule has 0 unspecified atom stereocenters. The highest BCUT2D eigenvalue weighted by molar-refractivity contribution is 6.33. The van der Waals surface area contributed by atoms with Crippen LogP contribution in [0, 0.1) is 5.82 Å². The Balaban J connectivity index is 1.87. The SMILES string of the molecule is O=C(Nc1cccc(-c2ccccc2Cl)c1F)[C@@H]1C[C@@H](F)CN1C(=O)O. The number of hydrogen-bond donors (Lipinski definition) is 2. The minimum Gasteiger partial charge on any atom is -0.465 e. The van der Waals surface area contributed by atoms with E-state index in [0.717, 1.165) is 4.90 Å². The van der Waals surface area contributed by atoms with E-state index in [4.69, 9.17) is 16.7 Å². The van der Waals surface area contributed by atoms with Gasteiger partial charge in [0.05, 0.1) is 12.2 Å². The van der Waals surface area contributed by atoms with E-state index in [1.165, 1.54) is 12.1 Å². The molecule has 1 aliphatic heterocycles. The molecule has 0 saturated carbocycles. The van der Waals surface area contributed by atoms with Gasteiger partial charge in [-0.3, -0.25) is 9.69 Å². The van der Waals surface area contributed by atoms with Gasteiger partial charge < -0.3 is 10.4 Å². The Morgan fingerprint density at radius 3 is 2.54 bits per heavy atom. The Morgan fingerprint density at radius 1 is 1.15 bits per heavy atom. The maximum absolute atomic E-state index is 14.8. The van der Waals surface area contributed by atoms with Gasteiger partial charge in [-0.1, -0.05) is 41.9 Å². The predicted octanol–water partition coefficient (Wildman–Crippen LogP) is 4.18. The summed E-state index contributed by atoms with van der Waals surface area (Å²) in [6.45, 7) is -0.379. The van der Waals surface area contributed by atoms with Crippen molar-refractivity contribution in [1.29, 1.82) is 0 Å². The summed E-state index contributed by atoms with van der Waals surface area (Å²) in [5.74, 6) is -1.48. The highest BCUT2D eigenvalue weighted by Crippen LogP contribution is 2.33. The van der Waals surface area contributed by atoms with Gasteiger partial charge in [-0.05, 0) is 12.1 Å². The number of nitrogens with zero attached hydrogens (tertiary/aromatic N) is 1. The lowest BCUT2D eigenvalue weighted by Gasteiger charge is -2.20. The van der Waals surface area contributed by atoms with E-state index < -0.39 is 30.0 Å².